The highest BCUT2D eigenvalue weighted by atomic mass is 16.5. The summed E-state index contributed by atoms with van der Waals surface area (Å²) < 4.78 is 12.5. The van der Waals surface area contributed by atoms with Gasteiger partial charge in [-0.15, -0.1) is 0 Å². The molecular weight excluding hydrogens is 344 g/mol. The van der Waals surface area contributed by atoms with Crippen LogP contribution in [0.3, 0.4) is 0 Å². The van der Waals surface area contributed by atoms with Crippen molar-refractivity contribution in [2.45, 2.75) is 13.0 Å². The first-order valence-electron chi connectivity index (χ1n) is 8.90. The molecule has 2 N–H and O–H groups in total. The van der Waals surface area contributed by atoms with Crippen LogP contribution in [-0.2, 0) is 7.05 Å². The summed E-state index contributed by atoms with van der Waals surface area (Å²) in [6.07, 6.45) is 3.91. The highest BCUT2D eigenvalue weighted by Crippen LogP contribution is 2.29. The largest absolute Gasteiger partial charge is 0.493 e. The minimum atomic E-state index is 0.138. The van der Waals surface area contributed by atoms with Crippen LogP contribution in [0.15, 0.2) is 35.6 Å². The number of aromatic nitrogens is 2. The molecule has 2 rings (SSSR count). The molecule has 0 fully saturated rings. The van der Waals surface area contributed by atoms with E-state index >= 15 is 0 Å². The number of rotatable bonds is 8. The Balaban J connectivity index is 2.17. The molecule has 8 nitrogen and oxygen atoms in total. The van der Waals surface area contributed by atoms with Crippen molar-refractivity contribution in [1.29, 1.82) is 0 Å². The molecule has 0 spiro atoms. The number of benzene rings is 1. The fourth-order valence-electron chi connectivity index (χ4n) is 2.71. The number of likely N-dealkylation sites (N-methyl/N-ethyl adjacent to an activating group) is 1. The average molecular weight is 374 g/mol. The van der Waals surface area contributed by atoms with Gasteiger partial charge in [0, 0.05) is 37.1 Å². The van der Waals surface area contributed by atoms with Crippen LogP contribution in [0.1, 0.15) is 18.5 Å². The molecule has 0 amide bonds. The summed E-state index contributed by atoms with van der Waals surface area (Å²) in [5.41, 5.74) is 2.00. The van der Waals surface area contributed by atoms with Gasteiger partial charge in [-0.1, -0.05) is 0 Å². The maximum Gasteiger partial charge on any atom is 0.195 e. The number of anilines is 1. The van der Waals surface area contributed by atoms with Crippen molar-refractivity contribution in [2.24, 2.45) is 12.0 Å². The number of ether oxygens (including phenoxy) is 2. The quantitative estimate of drug-likeness (QED) is 0.545. The fraction of sp³-hybridized carbons (Fsp3) is 0.474. The van der Waals surface area contributed by atoms with E-state index < -0.39 is 0 Å². The van der Waals surface area contributed by atoms with E-state index in [2.05, 4.69) is 20.6 Å². The van der Waals surface area contributed by atoms with Gasteiger partial charge in [-0.2, -0.15) is 5.10 Å². The molecule has 0 saturated heterocycles. The Hall–Kier alpha value is -2.74. The van der Waals surface area contributed by atoms with Crippen molar-refractivity contribution in [3.63, 3.8) is 0 Å². The summed E-state index contributed by atoms with van der Waals surface area (Å²) in [5.74, 6) is 2.06. The Kier molecular flexibility index (Phi) is 7.48. The molecular formula is C19H30N6O2. The van der Waals surface area contributed by atoms with Crippen LogP contribution in [0.2, 0.25) is 0 Å². The van der Waals surface area contributed by atoms with Crippen LogP contribution in [-0.4, -0.2) is 62.0 Å². The van der Waals surface area contributed by atoms with Gasteiger partial charge >= 0.3 is 0 Å². The van der Waals surface area contributed by atoms with Gasteiger partial charge in [0.15, 0.2) is 17.5 Å². The molecule has 0 aliphatic carbocycles. The molecule has 8 heteroatoms. The topological polar surface area (TPSA) is 75.9 Å². The van der Waals surface area contributed by atoms with Crippen molar-refractivity contribution < 1.29 is 9.47 Å². The Morgan fingerprint density at radius 1 is 1.26 bits per heavy atom. The van der Waals surface area contributed by atoms with Gasteiger partial charge in [0.2, 0.25) is 0 Å². The average Bonchev–Trinajstić information content (AvgIpc) is 3.07. The number of nitrogens with zero attached hydrogens (tertiary/aromatic N) is 4. The lowest BCUT2D eigenvalue weighted by atomic mass is 10.1. The predicted octanol–water partition coefficient (Wildman–Crippen LogP) is 2.12. The number of aliphatic imine (C=N–C) groups is 1. The summed E-state index contributed by atoms with van der Waals surface area (Å²) in [5, 5.41) is 10.9. The predicted molar refractivity (Wildman–Crippen MR) is 109 cm³/mol. The van der Waals surface area contributed by atoms with Gasteiger partial charge in [0.25, 0.3) is 0 Å². The minimum absolute atomic E-state index is 0.138. The third kappa shape index (κ3) is 5.62. The molecule has 0 bridgehead atoms. The highest BCUT2D eigenvalue weighted by Gasteiger charge is 2.16. The standard InChI is InChI=1S/C19H30N6O2/c1-7-20-19(23-15-8-9-17(26-5)18(10-15)27-6)21-12-16(24(2)3)14-11-22-25(4)13-14/h8-11,13,16H,7,12H2,1-6H3,(H2,20,21,23). The van der Waals surface area contributed by atoms with Crippen molar-refractivity contribution in [2.75, 3.05) is 46.7 Å². The van der Waals surface area contributed by atoms with Crippen molar-refractivity contribution in [3.8, 4) is 11.5 Å². The molecule has 27 heavy (non-hydrogen) atoms. The molecule has 148 valence electrons. The number of hydrogen-bond donors (Lipinski definition) is 2. The fourth-order valence-corrected chi connectivity index (χ4v) is 2.71. The molecule has 0 radical (unpaired) electrons. The van der Waals surface area contributed by atoms with Gasteiger partial charge in [-0.05, 0) is 33.2 Å². The zero-order valence-electron chi connectivity index (χ0n) is 17.0. The maximum atomic E-state index is 5.37. The molecule has 1 aromatic carbocycles. The van der Waals surface area contributed by atoms with E-state index in [0.717, 1.165) is 17.8 Å². The summed E-state index contributed by atoms with van der Waals surface area (Å²) in [7, 11) is 9.25. The van der Waals surface area contributed by atoms with Gasteiger partial charge in [0.05, 0.1) is 33.0 Å². The Morgan fingerprint density at radius 3 is 2.56 bits per heavy atom. The third-order valence-electron chi connectivity index (χ3n) is 4.15. The number of methoxy groups -OCH3 is 2. The molecule has 0 aliphatic heterocycles. The van der Waals surface area contributed by atoms with E-state index in [4.69, 9.17) is 14.5 Å². The molecule has 1 heterocycles. The summed E-state index contributed by atoms with van der Waals surface area (Å²) in [6.45, 7) is 3.40. The van der Waals surface area contributed by atoms with Crippen molar-refractivity contribution >= 4 is 11.6 Å². The second kappa shape index (κ2) is 9.82. The van der Waals surface area contributed by atoms with Crippen LogP contribution >= 0.6 is 0 Å². The zero-order chi connectivity index (χ0) is 19.8. The van der Waals surface area contributed by atoms with E-state index in [-0.39, 0.29) is 6.04 Å². The number of aryl methyl sites for hydroxylation is 1. The Bertz CT molecular complexity index is 756. The van der Waals surface area contributed by atoms with E-state index in [9.17, 15) is 0 Å². The second-order valence-electron chi connectivity index (χ2n) is 6.34. The van der Waals surface area contributed by atoms with Gasteiger partial charge < -0.3 is 25.0 Å². The van der Waals surface area contributed by atoms with Gasteiger partial charge in [0.1, 0.15) is 0 Å². The van der Waals surface area contributed by atoms with Crippen LogP contribution < -0.4 is 20.1 Å². The molecule has 1 aromatic heterocycles. The van der Waals surface area contributed by atoms with Gasteiger partial charge in [-0.3, -0.25) is 9.67 Å². The van der Waals surface area contributed by atoms with Crippen LogP contribution in [0.4, 0.5) is 5.69 Å². The molecule has 0 aliphatic rings. The number of guanidine groups is 1. The van der Waals surface area contributed by atoms with E-state index in [0.29, 0.717) is 24.0 Å². The lowest BCUT2D eigenvalue weighted by Gasteiger charge is -2.22. The Morgan fingerprint density at radius 2 is 2.00 bits per heavy atom. The van der Waals surface area contributed by atoms with E-state index in [1.165, 1.54) is 0 Å². The first-order chi connectivity index (χ1) is 13.0. The first-order valence-corrected chi connectivity index (χ1v) is 8.90. The second-order valence-corrected chi connectivity index (χ2v) is 6.34. The Labute approximate surface area is 161 Å². The summed E-state index contributed by atoms with van der Waals surface area (Å²) >= 11 is 0. The molecule has 1 unspecified atom stereocenters. The summed E-state index contributed by atoms with van der Waals surface area (Å²) in [4.78, 5) is 6.90. The summed E-state index contributed by atoms with van der Waals surface area (Å²) in [6, 6.07) is 5.82. The lowest BCUT2D eigenvalue weighted by molar-refractivity contribution is 0.306. The highest BCUT2D eigenvalue weighted by molar-refractivity contribution is 5.93. The molecule has 2 aromatic rings. The normalized spacial score (nSPS) is 12.8. The molecule has 0 saturated carbocycles. The smallest absolute Gasteiger partial charge is 0.195 e. The molecule has 1 atom stereocenters. The van der Waals surface area contributed by atoms with E-state index in [1.54, 1.807) is 14.2 Å². The zero-order valence-corrected chi connectivity index (χ0v) is 17.0. The first kappa shape index (κ1) is 20.6. The third-order valence-corrected chi connectivity index (χ3v) is 4.15. The minimum Gasteiger partial charge on any atom is -0.493 e. The maximum absolute atomic E-state index is 5.37. The monoisotopic (exact) mass is 374 g/mol. The van der Waals surface area contributed by atoms with Crippen LogP contribution in [0.25, 0.3) is 0 Å². The number of hydrogen-bond acceptors (Lipinski definition) is 5. The lowest BCUT2D eigenvalue weighted by Crippen LogP contribution is -2.32. The van der Waals surface area contributed by atoms with Crippen LogP contribution in [0.5, 0.6) is 11.5 Å². The number of nitrogens with one attached hydrogen (secondary N) is 2. The van der Waals surface area contributed by atoms with Crippen LogP contribution in [0, 0.1) is 0 Å². The van der Waals surface area contributed by atoms with Crippen molar-refractivity contribution in [1.82, 2.24) is 20.0 Å². The SMILES string of the molecule is CCNC(=NCC(c1cnn(C)c1)N(C)C)Nc1ccc(OC)c(OC)c1. The van der Waals surface area contributed by atoms with E-state index in [1.807, 2.05) is 63.3 Å². The van der Waals surface area contributed by atoms with Gasteiger partial charge in [-0.25, -0.2) is 0 Å². The van der Waals surface area contributed by atoms with Crippen molar-refractivity contribution in [3.05, 3.63) is 36.2 Å².